The number of benzene rings is 1. The highest BCUT2D eigenvalue weighted by atomic mass is 19.4. The Balaban J connectivity index is 1.64. The van der Waals surface area contributed by atoms with Crippen LogP contribution in [0.1, 0.15) is 29.0 Å². The number of aliphatic hydroxyl groups excluding tert-OH is 3. The van der Waals surface area contributed by atoms with E-state index in [2.05, 4.69) is 15.1 Å². The van der Waals surface area contributed by atoms with Crippen molar-refractivity contribution in [1.82, 2.24) is 14.5 Å². The molecule has 5 atom stereocenters. The Morgan fingerprint density at radius 3 is 2.66 bits per heavy atom. The zero-order valence-electron chi connectivity index (χ0n) is 17.0. The van der Waals surface area contributed by atoms with Crippen molar-refractivity contribution >= 4 is 11.0 Å². The Bertz CT molecular complexity index is 1190. The first-order valence-corrected chi connectivity index (χ1v) is 9.62. The lowest BCUT2D eigenvalue weighted by atomic mass is 9.96. The standard InChI is InChI=1S/C20H21F3N4O5/c1-9-7-10(3-4-12(9)20(21,22)23)13(28)16-14(29)15(30)19(32-16)27-6-5-11-17(26-31-2)24-8-25-18(11)27/h3-8,13-16,19,28-30H,1-2H3,(H,24,25,26)/t13-,14+,15-,16-,19?/m1/s1. The van der Waals surface area contributed by atoms with Gasteiger partial charge in [0.25, 0.3) is 0 Å². The first-order chi connectivity index (χ1) is 15.1. The summed E-state index contributed by atoms with van der Waals surface area (Å²) in [5.74, 6) is 0. The lowest BCUT2D eigenvalue weighted by Gasteiger charge is -2.22. The summed E-state index contributed by atoms with van der Waals surface area (Å²) in [7, 11) is 1.37. The molecule has 9 nitrogen and oxygen atoms in total. The van der Waals surface area contributed by atoms with Crippen LogP contribution in [0.5, 0.6) is 0 Å². The van der Waals surface area contributed by atoms with Crippen LogP contribution < -0.4 is 5.49 Å². The molecule has 172 valence electrons. The van der Waals surface area contributed by atoms with Gasteiger partial charge in [-0.2, -0.15) is 13.2 Å². The number of rotatable bonds is 4. The van der Waals surface area contributed by atoms with Gasteiger partial charge >= 0.3 is 6.18 Å². The highest BCUT2D eigenvalue weighted by Gasteiger charge is 2.47. The number of nitrogens with zero attached hydrogens (tertiary/aromatic N) is 3. The molecule has 0 bridgehead atoms. The third-order valence-electron chi connectivity index (χ3n) is 5.48. The number of aromatic amines is 1. The van der Waals surface area contributed by atoms with Gasteiger partial charge in [-0.3, -0.25) is 0 Å². The molecule has 0 aliphatic carbocycles. The van der Waals surface area contributed by atoms with Gasteiger partial charge in [0, 0.05) is 6.20 Å². The van der Waals surface area contributed by atoms with E-state index < -0.39 is 42.4 Å². The minimum absolute atomic E-state index is 0.0773. The van der Waals surface area contributed by atoms with E-state index in [0.717, 1.165) is 12.1 Å². The number of aryl methyl sites for hydroxylation is 1. The zero-order chi connectivity index (χ0) is 23.2. The molecule has 4 rings (SSSR count). The Labute approximate surface area is 179 Å². The van der Waals surface area contributed by atoms with Crippen molar-refractivity contribution in [3.8, 4) is 0 Å². The third-order valence-corrected chi connectivity index (χ3v) is 5.48. The van der Waals surface area contributed by atoms with E-state index in [0.29, 0.717) is 11.0 Å². The highest BCUT2D eigenvalue weighted by Crippen LogP contribution is 2.38. The molecule has 12 heteroatoms. The van der Waals surface area contributed by atoms with E-state index in [4.69, 9.17) is 9.57 Å². The maximum absolute atomic E-state index is 13.0. The van der Waals surface area contributed by atoms with E-state index >= 15 is 0 Å². The van der Waals surface area contributed by atoms with Crippen LogP contribution in [0.3, 0.4) is 0 Å². The van der Waals surface area contributed by atoms with Crippen molar-refractivity contribution in [3.05, 3.63) is 59.0 Å². The second-order valence-corrected chi connectivity index (χ2v) is 7.47. The lowest BCUT2D eigenvalue weighted by molar-refractivity contribution is -0.138. The Morgan fingerprint density at radius 2 is 2.00 bits per heavy atom. The smallest absolute Gasteiger partial charge is 0.397 e. The van der Waals surface area contributed by atoms with Crippen LogP contribution in [0.15, 0.2) is 41.9 Å². The third kappa shape index (κ3) is 3.75. The fraction of sp³-hybridized carbons (Fsp3) is 0.400. The molecule has 4 N–H and O–H groups in total. The van der Waals surface area contributed by atoms with Crippen molar-refractivity contribution in [1.29, 1.82) is 0 Å². The topological polar surface area (TPSA) is 125 Å². The Hall–Kier alpha value is -2.93. The molecule has 1 aliphatic rings. The average molecular weight is 454 g/mol. The van der Waals surface area contributed by atoms with E-state index in [1.54, 1.807) is 12.3 Å². The first-order valence-electron chi connectivity index (χ1n) is 9.62. The Kier molecular flexibility index (Phi) is 5.71. The van der Waals surface area contributed by atoms with Crippen LogP contribution >= 0.6 is 0 Å². The van der Waals surface area contributed by atoms with Crippen LogP contribution in [-0.2, 0) is 15.8 Å². The summed E-state index contributed by atoms with van der Waals surface area (Å²) in [4.78, 5) is 11.7. The average Bonchev–Trinajstić information content (AvgIpc) is 3.29. The molecule has 3 aromatic rings. The fourth-order valence-electron chi connectivity index (χ4n) is 3.93. The molecule has 3 heterocycles. The number of H-pyrrole nitrogens is 1. The van der Waals surface area contributed by atoms with E-state index in [1.165, 1.54) is 31.0 Å². The maximum Gasteiger partial charge on any atom is 0.416 e. The van der Waals surface area contributed by atoms with Crippen LogP contribution in [0.2, 0.25) is 0 Å². The van der Waals surface area contributed by atoms with Crippen molar-refractivity contribution in [2.45, 2.75) is 43.7 Å². The number of aliphatic hydroxyl groups is 3. The molecule has 1 aromatic carbocycles. The number of alkyl halides is 3. The van der Waals surface area contributed by atoms with Crippen LogP contribution in [-0.4, -0.2) is 55.3 Å². The highest BCUT2D eigenvalue weighted by molar-refractivity contribution is 5.74. The van der Waals surface area contributed by atoms with Gasteiger partial charge in [-0.1, -0.05) is 17.3 Å². The van der Waals surface area contributed by atoms with E-state index in [9.17, 15) is 28.5 Å². The molecule has 2 aromatic heterocycles. The van der Waals surface area contributed by atoms with Crippen LogP contribution in [0, 0.1) is 6.92 Å². The van der Waals surface area contributed by atoms with Gasteiger partial charge in [-0.05, 0) is 30.2 Å². The lowest BCUT2D eigenvalue weighted by Crippen LogP contribution is -2.34. The van der Waals surface area contributed by atoms with Crippen LogP contribution in [0.4, 0.5) is 13.2 Å². The maximum atomic E-state index is 13.0. The predicted molar refractivity (Wildman–Crippen MR) is 104 cm³/mol. The SMILES string of the molecule is CO/N=c1\nc[nH]c2c1ccn2C1O[C@H]([C@H](O)c2ccc(C(F)(F)F)c(C)c2)[C@@H](O)[C@H]1O. The Morgan fingerprint density at radius 1 is 1.25 bits per heavy atom. The second-order valence-electron chi connectivity index (χ2n) is 7.47. The van der Waals surface area contributed by atoms with Gasteiger partial charge in [0.15, 0.2) is 6.23 Å². The molecule has 1 fully saturated rings. The number of nitrogens with one attached hydrogen (secondary N) is 1. The molecule has 0 amide bonds. The van der Waals surface area contributed by atoms with Gasteiger partial charge < -0.3 is 34.4 Å². The van der Waals surface area contributed by atoms with E-state index in [1.807, 2.05) is 0 Å². The summed E-state index contributed by atoms with van der Waals surface area (Å²) < 4.78 is 46.4. The van der Waals surface area contributed by atoms with Crippen molar-refractivity contribution in [2.75, 3.05) is 7.11 Å². The molecular formula is C20H21F3N4O5. The molecule has 0 radical (unpaired) electrons. The quantitative estimate of drug-likeness (QED) is 0.443. The second kappa shape index (κ2) is 8.20. The summed E-state index contributed by atoms with van der Waals surface area (Å²) in [6, 6.07) is 4.83. The molecule has 0 spiro atoms. The molecular weight excluding hydrogens is 433 g/mol. The number of aromatic nitrogens is 3. The summed E-state index contributed by atoms with van der Waals surface area (Å²) in [6.45, 7) is 1.28. The van der Waals surface area contributed by atoms with Gasteiger partial charge in [0.05, 0.1) is 17.3 Å². The van der Waals surface area contributed by atoms with Crippen molar-refractivity contribution < 1.29 is 38.1 Å². The number of ether oxygens (including phenoxy) is 1. The monoisotopic (exact) mass is 454 g/mol. The normalized spacial score (nSPS) is 25.4. The minimum Gasteiger partial charge on any atom is -0.397 e. The summed E-state index contributed by atoms with van der Waals surface area (Å²) in [5, 5.41) is 36.2. The van der Waals surface area contributed by atoms with Crippen LogP contribution in [0.25, 0.3) is 11.0 Å². The molecule has 1 saturated heterocycles. The van der Waals surface area contributed by atoms with Crippen molar-refractivity contribution in [3.63, 3.8) is 0 Å². The van der Waals surface area contributed by atoms with E-state index in [-0.39, 0.29) is 16.6 Å². The summed E-state index contributed by atoms with van der Waals surface area (Å²) in [6.07, 6.45) is -8.35. The summed E-state index contributed by atoms with van der Waals surface area (Å²) >= 11 is 0. The fourth-order valence-corrected chi connectivity index (χ4v) is 3.93. The van der Waals surface area contributed by atoms with Gasteiger partial charge in [-0.25, -0.2) is 4.98 Å². The number of hydrogen-bond acceptors (Lipinski definition) is 7. The zero-order valence-corrected chi connectivity index (χ0v) is 17.0. The first kappa shape index (κ1) is 22.3. The number of fused-ring (bicyclic) bond motifs is 1. The largest absolute Gasteiger partial charge is 0.416 e. The predicted octanol–water partition coefficient (Wildman–Crippen LogP) is 1.51. The minimum atomic E-state index is -4.52. The van der Waals surface area contributed by atoms with Crippen molar-refractivity contribution in [2.24, 2.45) is 5.16 Å². The number of halogens is 3. The number of hydrogen-bond donors (Lipinski definition) is 4. The van der Waals surface area contributed by atoms with Gasteiger partial charge in [-0.15, -0.1) is 0 Å². The molecule has 1 unspecified atom stereocenters. The summed E-state index contributed by atoms with van der Waals surface area (Å²) in [5.41, 5.74) is -0.0230. The molecule has 32 heavy (non-hydrogen) atoms. The van der Waals surface area contributed by atoms with Gasteiger partial charge in [0.2, 0.25) is 5.49 Å². The molecule has 1 aliphatic heterocycles. The molecule has 0 saturated carbocycles. The van der Waals surface area contributed by atoms with Gasteiger partial charge in [0.1, 0.15) is 37.2 Å².